The van der Waals surface area contributed by atoms with Crippen LogP contribution in [0.3, 0.4) is 0 Å². The van der Waals surface area contributed by atoms with Gasteiger partial charge in [0.25, 0.3) is 0 Å². The SMILES string of the molecule is C[C@H](N)c1ccc([B-](F)(F)F)cc1.[K+]. The Bertz CT molecular complexity index is 284. The zero-order valence-electron chi connectivity index (χ0n) is 8.18. The van der Waals surface area contributed by atoms with E-state index >= 15 is 0 Å². The Balaban J connectivity index is 0.00000169. The van der Waals surface area contributed by atoms with Gasteiger partial charge in [0, 0.05) is 6.04 Å². The monoisotopic (exact) mass is 227 g/mol. The van der Waals surface area contributed by atoms with Crippen molar-refractivity contribution in [3.8, 4) is 0 Å². The summed E-state index contributed by atoms with van der Waals surface area (Å²) in [4.78, 5) is 0. The molecule has 1 aromatic rings. The number of benzene rings is 1. The van der Waals surface area contributed by atoms with Gasteiger partial charge in [-0.15, -0.1) is 5.46 Å². The summed E-state index contributed by atoms with van der Waals surface area (Å²) >= 11 is 0. The van der Waals surface area contributed by atoms with Crippen LogP contribution >= 0.6 is 0 Å². The Labute approximate surface area is 124 Å². The van der Waals surface area contributed by atoms with Crippen molar-refractivity contribution in [2.24, 2.45) is 5.73 Å². The van der Waals surface area contributed by atoms with Crippen molar-refractivity contribution < 1.29 is 64.3 Å². The van der Waals surface area contributed by atoms with Crippen LogP contribution in [-0.2, 0) is 0 Å². The molecule has 0 radical (unpaired) electrons. The quantitative estimate of drug-likeness (QED) is 0.629. The first kappa shape index (κ1) is 14.7. The molecule has 0 bridgehead atoms. The Kier molecular flexibility index (Phi) is 5.94. The zero-order valence-corrected chi connectivity index (χ0v) is 11.3. The van der Waals surface area contributed by atoms with Crippen molar-refractivity contribution in [1.82, 2.24) is 0 Å². The van der Waals surface area contributed by atoms with E-state index in [0.29, 0.717) is 5.56 Å². The number of halogens is 3. The first-order valence-corrected chi connectivity index (χ1v) is 3.96. The Hall–Kier alpha value is 0.671. The average Bonchev–Trinajstić information content (AvgIpc) is 2.03. The summed E-state index contributed by atoms with van der Waals surface area (Å²) in [6, 6.07) is 4.73. The number of hydrogen-bond donors (Lipinski definition) is 1. The molecule has 0 amide bonds. The second-order valence-corrected chi connectivity index (χ2v) is 3.03. The molecule has 0 heterocycles. The van der Waals surface area contributed by atoms with Gasteiger partial charge in [0.2, 0.25) is 0 Å². The van der Waals surface area contributed by atoms with Gasteiger partial charge in [-0.25, -0.2) is 0 Å². The standard InChI is InChI=1S/C8H10BF3N.K/c1-6(13)7-2-4-8(5-3-7)9(10,11)12;/h2-6H,13H2,1H3;/q-1;+1/t6-;/m0./s1. The summed E-state index contributed by atoms with van der Waals surface area (Å²) in [5.41, 5.74) is 5.63. The molecule has 0 spiro atoms. The molecule has 1 rings (SSSR count). The minimum Gasteiger partial charge on any atom is -0.445 e. The van der Waals surface area contributed by atoms with Crippen LogP contribution in [0.2, 0.25) is 0 Å². The summed E-state index contributed by atoms with van der Waals surface area (Å²) < 4.78 is 36.5. The number of hydrogen-bond acceptors (Lipinski definition) is 1. The second kappa shape index (κ2) is 5.67. The maximum atomic E-state index is 12.2. The number of rotatable bonds is 2. The molecular formula is C8H10BF3KN. The van der Waals surface area contributed by atoms with E-state index in [2.05, 4.69) is 0 Å². The van der Waals surface area contributed by atoms with Crippen molar-refractivity contribution in [1.29, 1.82) is 0 Å². The fourth-order valence-corrected chi connectivity index (χ4v) is 1.02. The molecule has 1 atom stereocenters. The van der Waals surface area contributed by atoms with Crippen LogP contribution in [0, 0.1) is 0 Å². The normalized spacial score (nSPS) is 13.2. The molecule has 0 saturated carbocycles. The molecule has 0 saturated heterocycles. The molecule has 0 aliphatic rings. The van der Waals surface area contributed by atoms with E-state index in [1.807, 2.05) is 0 Å². The van der Waals surface area contributed by atoms with Crippen molar-refractivity contribution in [2.75, 3.05) is 0 Å². The average molecular weight is 227 g/mol. The molecule has 14 heavy (non-hydrogen) atoms. The van der Waals surface area contributed by atoms with Crippen LogP contribution in [0.25, 0.3) is 0 Å². The summed E-state index contributed by atoms with van der Waals surface area (Å²) in [5.74, 6) is 0. The van der Waals surface area contributed by atoms with E-state index < -0.39 is 12.4 Å². The molecule has 0 aliphatic heterocycles. The maximum Gasteiger partial charge on any atom is 1.00 e. The van der Waals surface area contributed by atoms with Crippen LogP contribution < -0.4 is 62.6 Å². The van der Waals surface area contributed by atoms with Gasteiger partial charge < -0.3 is 18.7 Å². The first-order chi connectivity index (χ1) is 5.91. The summed E-state index contributed by atoms with van der Waals surface area (Å²) in [6.45, 7) is -3.15. The van der Waals surface area contributed by atoms with E-state index in [1.54, 1.807) is 6.92 Å². The molecule has 0 unspecified atom stereocenters. The Morgan fingerprint density at radius 2 is 1.57 bits per heavy atom. The predicted octanol–water partition coefficient (Wildman–Crippen LogP) is -1.24. The van der Waals surface area contributed by atoms with Crippen LogP contribution in [0.5, 0.6) is 0 Å². The van der Waals surface area contributed by atoms with Gasteiger partial charge >= 0.3 is 58.4 Å². The summed E-state index contributed by atoms with van der Waals surface area (Å²) in [5, 5.41) is 0. The zero-order chi connectivity index (χ0) is 10.1. The molecule has 0 fully saturated rings. The van der Waals surface area contributed by atoms with Gasteiger partial charge in [-0.3, -0.25) is 0 Å². The minimum atomic E-state index is -4.88. The van der Waals surface area contributed by atoms with Crippen LogP contribution in [0.1, 0.15) is 18.5 Å². The van der Waals surface area contributed by atoms with E-state index in [-0.39, 0.29) is 57.4 Å². The topological polar surface area (TPSA) is 26.0 Å². The Morgan fingerprint density at radius 1 is 1.14 bits per heavy atom. The molecule has 0 aromatic heterocycles. The fourth-order valence-electron chi connectivity index (χ4n) is 1.02. The third-order valence-electron chi connectivity index (χ3n) is 1.84. The summed E-state index contributed by atoms with van der Waals surface area (Å²) in [6.07, 6.45) is 0. The maximum absolute atomic E-state index is 12.2. The smallest absolute Gasteiger partial charge is 0.445 e. The van der Waals surface area contributed by atoms with Gasteiger partial charge in [0.15, 0.2) is 0 Å². The van der Waals surface area contributed by atoms with Crippen LogP contribution in [-0.4, -0.2) is 6.98 Å². The third kappa shape index (κ3) is 4.04. The first-order valence-electron chi connectivity index (χ1n) is 3.96. The molecule has 1 nitrogen and oxygen atoms in total. The van der Waals surface area contributed by atoms with Crippen LogP contribution in [0.15, 0.2) is 24.3 Å². The van der Waals surface area contributed by atoms with Gasteiger partial charge in [-0.1, -0.05) is 24.3 Å². The molecule has 0 aliphatic carbocycles. The van der Waals surface area contributed by atoms with Gasteiger partial charge in [-0.05, 0) is 12.5 Å². The van der Waals surface area contributed by atoms with Crippen molar-refractivity contribution in [3.05, 3.63) is 29.8 Å². The van der Waals surface area contributed by atoms with Gasteiger partial charge in [0.05, 0.1) is 0 Å². The molecule has 2 N–H and O–H groups in total. The Morgan fingerprint density at radius 3 is 1.86 bits per heavy atom. The van der Waals surface area contributed by atoms with Crippen LogP contribution in [0.4, 0.5) is 12.9 Å². The predicted molar refractivity (Wildman–Crippen MR) is 47.8 cm³/mol. The molecule has 1 aromatic carbocycles. The fraction of sp³-hybridized carbons (Fsp3) is 0.250. The summed E-state index contributed by atoms with van der Waals surface area (Å²) in [7, 11) is 0. The van der Waals surface area contributed by atoms with Crippen molar-refractivity contribution in [3.63, 3.8) is 0 Å². The van der Waals surface area contributed by atoms with Gasteiger partial charge in [-0.2, -0.15) is 0 Å². The number of nitrogens with two attached hydrogens (primary N) is 1. The van der Waals surface area contributed by atoms with Crippen molar-refractivity contribution in [2.45, 2.75) is 13.0 Å². The molecule has 6 heteroatoms. The van der Waals surface area contributed by atoms with E-state index in [9.17, 15) is 12.9 Å². The third-order valence-corrected chi connectivity index (χ3v) is 1.84. The molecular weight excluding hydrogens is 217 g/mol. The van der Waals surface area contributed by atoms with Crippen molar-refractivity contribution >= 4 is 12.4 Å². The molecule has 72 valence electrons. The second-order valence-electron chi connectivity index (χ2n) is 3.03. The van der Waals surface area contributed by atoms with E-state index in [1.165, 1.54) is 12.1 Å². The van der Waals surface area contributed by atoms with Gasteiger partial charge in [0.1, 0.15) is 0 Å². The van der Waals surface area contributed by atoms with E-state index in [4.69, 9.17) is 5.73 Å². The largest absolute Gasteiger partial charge is 1.00 e. The van der Waals surface area contributed by atoms with E-state index in [0.717, 1.165) is 12.1 Å². The minimum absolute atomic E-state index is 0.